The lowest BCUT2D eigenvalue weighted by atomic mass is 9.74. The Balaban J connectivity index is 3.02. The normalized spacial score (nSPS) is 13.7. The molecule has 1 aromatic carbocycles. The molecule has 1 rings (SSSR count). The molecule has 0 aromatic heterocycles. The van der Waals surface area contributed by atoms with Gasteiger partial charge in [0.2, 0.25) is 0 Å². The van der Waals surface area contributed by atoms with Crippen LogP contribution in [0.15, 0.2) is 24.3 Å². The minimum atomic E-state index is -0.733. The Labute approximate surface area is 110 Å². The van der Waals surface area contributed by atoms with E-state index < -0.39 is 5.97 Å². The summed E-state index contributed by atoms with van der Waals surface area (Å²) in [4.78, 5) is 11.0. The third-order valence-corrected chi connectivity index (χ3v) is 3.43. The van der Waals surface area contributed by atoms with Gasteiger partial charge in [-0.25, -0.2) is 0 Å². The summed E-state index contributed by atoms with van der Waals surface area (Å²) < 4.78 is 0. The molecule has 100 valence electrons. The summed E-state index contributed by atoms with van der Waals surface area (Å²) in [6, 6.07) is 8.38. The van der Waals surface area contributed by atoms with E-state index in [0.717, 1.165) is 5.56 Å². The number of carboxylic acid groups (broad SMARTS) is 1. The molecule has 1 unspecified atom stereocenters. The minimum Gasteiger partial charge on any atom is -0.481 e. The number of benzene rings is 1. The zero-order chi connectivity index (χ0) is 13.9. The molecule has 0 saturated heterocycles. The van der Waals surface area contributed by atoms with Crippen LogP contribution in [0.2, 0.25) is 0 Å². The van der Waals surface area contributed by atoms with E-state index in [1.165, 1.54) is 5.56 Å². The molecule has 0 radical (unpaired) electrons. The largest absolute Gasteiger partial charge is 0.481 e. The zero-order valence-corrected chi connectivity index (χ0v) is 12.0. The van der Waals surface area contributed by atoms with Gasteiger partial charge in [0.25, 0.3) is 0 Å². The topological polar surface area (TPSA) is 37.3 Å². The summed E-state index contributed by atoms with van der Waals surface area (Å²) in [5.74, 6) is -0.175. The van der Waals surface area contributed by atoms with Crippen molar-refractivity contribution in [1.29, 1.82) is 0 Å². The number of carboxylic acids is 1. The first kappa shape index (κ1) is 14.7. The van der Waals surface area contributed by atoms with Gasteiger partial charge >= 0.3 is 5.97 Å². The van der Waals surface area contributed by atoms with Crippen LogP contribution < -0.4 is 0 Å². The quantitative estimate of drug-likeness (QED) is 0.856. The molecule has 0 amide bonds. The Kier molecular flexibility index (Phi) is 4.55. The Morgan fingerprint density at radius 1 is 1.11 bits per heavy atom. The van der Waals surface area contributed by atoms with Crippen molar-refractivity contribution in [1.82, 2.24) is 0 Å². The van der Waals surface area contributed by atoms with Gasteiger partial charge in [-0.3, -0.25) is 4.79 Å². The molecule has 0 aliphatic rings. The maximum atomic E-state index is 11.0. The Hall–Kier alpha value is -1.31. The van der Waals surface area contributed by atoms with Crippen LogP contribution in [0.5, 0.6) is 0 Å². The monoisotopic (exact) mass is 248 g/mol. The van der Waals surface area contributed by atoms with Crippen LogP contribution in [0.25, 0.3) is 0 Å². The van der Waals surface area contributed by atoms with Crippen molar-refractivity contribution < 1.29 is 9.90 Å². The lowest BCUT2D eigenvalue weighted by Gasteiger charge is -2.30. The van der Waals surface area contributed by atoms with E-state index in [4.69, 9.17) is 5.11 Å². The number of hydrogen-bond donors (Lipinski definition) is 1. The van der Waals surface area contributed by atoms with Crippen LogP contribution in [0.1, 0.15) is 64.0 Å². The van der Waals surface area contributed by atoms with Crippen LogP contribution in [0, 0.1) is 5.41 Å². The molecular formula is C16H24O2. The van der Waals surface area contributed by atoms with E-state index in [1.807, 2.05) is 0 Å². The highest BCUT2D eigenvalue weighted by Gasteiger charge is 2.28. The van der Waals surface area contributed by atoms with Crippen LogP contribution in [-0.2, 0) is 4.79 Å². The third kappa shape index (κ3) is 3.86. The second kappa shape index (κ2) is 5.55. The van der Waals surface area contributed by atoms with Crippen molar-refractivity contribution in [3.8, 4) is 0 Å². The first-order valence-electron chi connectivity index (χ1n) is 6.53. The van der Waals surface area contributed by atoms with Crippen LogP contribution in [-0.4, -0.2) is 11.1 Å². The van der Waals surface area contributed by atoms with E-state index in [1.54, 1.807) is 0 Å². The Morgan fingerprint density at radius 3 is 1.89 bits per heavy atom. The molecule has 0 fully saturated rings. The van der Waals surface area contributed by atoms with E-state index in [2.05, 4.69) is 58.9 Å². The van der Waals surface area contributed by atoms with Gasteiger partial charge in [0.05, 0.1) is 6.42 Å². The lowest BCUT2D eigenvalue weighted by molar-refractivity contribution is -0.138. The van der Waals surface area contributed by atoms with E-state index in [0.29, 0.717) is 5.92 Å². The maximum Gasteiger partial charge on any atom is 0.303 e. The molecular weight excluding hydrogens is 224 g/mol. The molecule has 0 spiro atoms. The fourth-order valence-electron chi connectivity index (χ4n) is 2.21. The molecule has 1 atom stereocenters. The first-order valence-corrected chi connectivity index (χ1v) is 6.53. The SMILES string of the molecule is CC(C)c1ccc(C(CC(=O)O)C(C)(C)C)cc1. The molecule has 2 heteroatoms. The summed E-state index contributed by atoms with van der Waals surface area (Å²) in [6.07, 6.45) is 0.185. The summed E-state index contributed by atoms with van der Waals surface area (Å²) in [6.45, 7) is 10.6. The third-order valence-electron chi connectivity index (χ3n) is 3.43. The summed E-state index contributed by atoms with van der Waals surface area (Å²) in [5.41, 5.74) is 2.37. The van der Waals surface area contributed by atoms with E-state index >= 15 is 0 Å². The summed E-state index contributed by atoms with van der Waals surface area (Å²) >= 11 is 0. The van der Waals surface area contributed by atoms with Gasteiger partial charge < -0.3 is 5.11 Å². The number of aliphatic carboxylic acids is 1. The van der Waals surface area contributed by atoms with Crippen molar-refractivity contribution in [2.75, 3.05) is 0 Å². The van der Waals surface area contributed by atoms with Crippen molar-refractivity contribution in [3.63, 3.8) is 0 Å². The highest BCUT2D eigenvalue weighted by atomic mass is 16.4. The van der Waals surface area contributed by atoms with Crippen LogP contribution >= 0.6 is 0 Å². The maximum absolute atomic E-state index is 11.0. The van der Waals surface area contributed by atoms with Crippen molar-refractivity contribution in [2.24, 2.45) is 5.41 Å². The van der Waals surface area contributed by atoms with Gasteiger partial charge in [-0.2, -0.15) is 0 Å². The second-order valence-electron chi connectivity index (χ2n) is 6.34. The molecule has 0 aliphatic heterocycles. The molecule has 1 N–H and O–H groups in total. The van der Waals surface area contributed by atoms with E-state index in [9.17, 15) is 4.79 Å². The molecule has 0 saturated carbocycles. The van der Waals surface area contributed by atoms with Crippen LogP contribution in [0.4, 0.5) is 0 Å². The lowest BCUT2D eigenvalue weighted by Crippen LogP contribution is -2.21. The zero-order valence-electron chi connectivity index (χ0n) is 12.0. The average Bonchev–Trinajstić information content (AvgIpc) is 2.24. The summed E-state index contributed by atoms with van der Waals surface area (Å²) in [7, 11) is 0. The standard InChI is InChI=1S/C16H24O2/c1-11(2)12-6-8-13(9-7-12)14(10-15(17)18)16(3,4)5/h6-9,11,14H,10H2,1-5H3,(H,17,18). The molecule has 2 nitrogen and oxygen atoms in total. The number of carbonyl (C=O) groups is 1. The van der Waals surface area contributed by atoms with Crippen molar-refractivity contribution >= 4 is 5.97 Å². The fourth-order valence-corrected chi connectivity index (χ4v) is 2.21. The molecule has 1 aromatic rings. The highest BCUT2D eigenvalue weighted by Crippen LogP contribution is 2.38. The van der Waals surface area contributed by atoms with Crippen molar-refractivity contribution in [3.05, 3.63) is 35.4 Å². The number of rotatable bonds is 4. The Bertz CT molecular complexity index is 396. The fraction of sp³-hybridized carbons (Fsp3) is 0.562. The van der Waals surface area contributed by atoms with Gasteiger partial charge in [0.1, 0.15) is 0 Å². The molecule has 0 aliphatic carbocycles. The minimum absolute atomic E-state index is 0.0439. The smallest absolute Gasteiger partial charge is 0.303 e. The predicted molar refractivity (Wildman–Crippen MR) is 75.0 cm³/mol. The first-order chi connectivity index (χ1) is 8.21. The van der Waals surface area contributed by atoms with Gasteiger partial charge in [-0.15, -0.1) is 0 Å². The van der Waals surface area contributed by atoms with Gasteiger partial charge in [-0.1, -0.05) is 58.9 Å². The molecule has 0 bridgehead atoms. The van der Waals surface area contributed by atoms with Gasteiger partial charge in [-0.05, 0) is 28.4 Å². The van der Waals surface area contributed by atoms with Gasteiger partial charge in [0, 0.05) is 0 Å². The summed E-state index contributed by atoms with van der Waals surface area (Å²) in [5, 5.41) is 9.05. The highest BCUT2D eigenvalue weighted by molar-refractivity contribution is 5.68. The Morgan fingerprint density at radius 2 is 1.56 bits per heavy atom. The number of hydrogen-bond acceptors (Lipinski definition) is 1. The molecule has 0 heterocycles. The average molecular weight is 248 g/mol. The molecule has 18 heavy (non-hydrogen) atoms. The van der Waals surface area contributed by atoms with Crippen molar-refractivity contribution in [2.45, 2.75) is 52.9 Å². The van der Waals surface area contributed by atoms with E-state index in [-0.39, 0.29) is 17.8 Å². The second-order valence-corrected chi connectivity index (χ2v) is 6.34. The predicted octanol–water partition coefficient (Wildman–Crippen LogP) is 4.41. The van der Waals surface area contributed by atoms with Crippen LogP contribution in [0.3, 0.4) is 0 Å². The van der Waals surface area contributed by atoms with Gasteiger partial charge in [0.15, 0.2) is 0 Å².